The van der Waals surface area contributed by atoms with Crippen molar-refractivity contribution < 1.29 is 67.8 Å². The van der Waals surface area contributed by atoms with Crippen LogP contribution in [0, 0.1) is 19.3 Å². The molecule has 53 heavy (non-hydrogen) atoms. The molecule has 2 aromatic rings. The van der Waals surface area contributed by atoms with Crippen molar-refractivity contribution in [2.75, 3.05) is 19.8 Å². The molecule has 0 spiro atoms. The minimum Gasteiger partial charge on any atom is -0.484 e. The Balaban J connectivity index is 0.00000162. The SMILES string of the molecule is Cc1cc(C(C)(C)C)c(OC(c2c(C(C)(C)C)cc(C)cc2C(C)(C)C)C(CO)(CO)CO)c(C(C)(C)C)c1.OP(O)OP(O)O.OP(O)OP(O)O. The van der Waals surface area contributed by atoms with E-state index in [4.69, 9.17) is 43.9 Å². The minimum atomic E-state index is -2.61. The van der Waals surface area contributed by atoms with Crippen LogP contribution < -0.4 is 4.74 Å². The van der Waals surface area contributed by atoms with E-state index in [1.165, 1.54) is 0 Å². The Labute approximate surface area is 320 Å². The molecule has 0 saturated heterocycles. The first-order chi connectivity index (χ1) is 23.8. The number of aryl methyl sites for hydroxylation is 2. The molecule has 0 radical (unpaired) electrons. The molecule has 0 fully saturated rings. The van der Waals surface area contributed by atoms with Crippen LogP contribution in [0.15, 0.2) is 24.3 Å². The lowest BCUT2D eigenvalue weighted by Gasteiger charge is -2.43. The zero-order valence-electron chi connectivity index (χ0n) is 33.4. The van der Waals surface area contributed by atoms with Gasteiger partial charge in [0.2, 0.25) is 0 Å². The van der Waals surface area contributed by atoms with Crippen molar-refractivity contribution >= 4 is 34.4 Å². The van der Waals surface area contributed by atoms with E-state index in [1.54, 1.807) is 0 Å². The summed E-state index contributed by atoms with van der Waals surface area (Å²) >= 11 is 0. The standard InChI is InChI=1S/C35H56O4.2H4O5P2/c1-22-15-24(31(3,4)5)28(25(16-22)32(6,7)8)30(35(19-36,20-37)21-38)39-29-26(33(9,10)11)17-23(2)18-27(29)34(12,13)14;2*1-6(2)5-7(3)4/h15-18,30,36-38H,19-21H2,1-14H3;2*1-4H. The quantitative estimate of drug-likeness (QED) is 0.109. The molecule has 18 heteroatoms. The third-order valence-corrected chi connectivity index (χ3v) is 10.4. The first-order valence-electron chi connectivity index (χ1n) is 16.7. The van der Waals surface area contributed by atoms with Crippen LogP contribution in [0.25, 0.3) is 0 Å². The number of rotatable bonds is 11. The highest BCUT2D eigenvalue weighted by Gasteiger charge is 2.46. The van der Waals surface area contributed by atoms with Crippen molar-refractivity contribution in [1.82, 2.24) is 0 Å². The average molecular weight is 833 g/mol. The van der Waals surface area contributed by atoms with Gasteiger partial charge in [0, 0.05) is 16.7 Å². The number of hydrogen-bond donors (Lipinski definition) is 11. The molecule has 0 aliphatic heterocycles. The van der Waals surface area contributed by atoms with Gasteiger partial charge < -0.3 is 59.2 Å². The van der Waals surface area contributed by atoms with Crippen LogP contribution in [0.5, 0.6) is 5.75 Å². The van der Waals surface area contributed by atoms with Gasteiger partial charge in [-0.25, -0.2) is 8.62 Å². The van der Waals surface area contributed by atoms with E-state index < -0.39 is 65.7 Å². The largest absolute Gasteiger partial charge is 0.484 e. The lowest BCUT2D eigenvalue weighted by atomic mass is 9.69. The maximum atomic E-state index is 10.8. The summed E-state index contributed by atoms with van der Waals surface area (Å²) in [7, 11) is -10.4. The van der Waals surface area contributed by atoms with Gasteiger partial charge in [-0.15, -0.1) is 0 Å². The fraction of sp³-hybridized carbons (Fsp3) is 0.657. The summed E-state index contributed by atoms with van der Waals surface area (Å²) in [6.07, 6.45) is -0.800. The zero-order chi connectivity index (χ0) is 42.1. The van der Waals surface area contributed by atoms with E-state index in [-0.39, 0.29) is 21.7 Å². The third kappa shape index (κ3) is 16.8. The van der Waals surface area contributed by atoms with Gasteiger partial charge in [0.1, 0.15) is 11.9 Å². The molecule has 2 aromatic carbocycles. The van der Waals surface area contributed by atoms with Crippen LogP contribution in [0.3, 0.4) is 0 Å². The second-order valence-corrected chi connectivity index (χ2v) is 20.3. The van der Waals surface area contributed by atoms with Crippen LogP contribution in [0.4, 0.5) is 0 Å². The van der Waals surface area contributed by atoms with Gasteiger partial charge in [-0.05, 0) is 46.6 Å². The predicted octanol–water partition coefficient (Wildman–Crippen LogP) is 6.43. The number of ether oxygens (including phenoxy) is 1. The van der Waals surface area contributed by atoms with Crippen LogP contribution >= 0.6 is 34.4 Å². The van der Waals surface area contributed by atoms with E-state index in [0.29, 0.717) is 0 Å². The van der Waals surface area contributed by atoms with Gasteiger partial charge in [0.15, 0.2) is 0 Å². The van der Waals surface area contributed by atoms with E-state index in [1.807, 2.05) is 0 Å². The second-order valence-electron chi connectivity index (χ2n) is 17.0. The summed E-state index contributed by atoms with van der Waals surface area (Å²) in [5, 5.41) is 32.5. The molecule has 11 N–H and O–H groups in total. The van der Waals surface area contributed by atoms with Gasteiger partial charge in [-0.1, -0.05) is 118 Å². The van der Waals surface area contributed by atoms with E-state index in [0.717, 1.165) is 44.7 Å². The van der Waals surface area contributed by atoms with Gasteiger partial charge >= 0.3 is 34.4 Å². The summed E-state index contributed by atoms with van der Waals surface area (Å²) in [6, 6.07) is 8.76. The topological polar surface area (TPSA) is 250 Å². The molecular formula is C35H64O14P4. The Morgan fingerprint density at radius 1 is 0.472 bits per heavy atom. The van der Waals surface area contributed by atoms with Crippen molar-refractivity contribution in [3.05, 3.63) is 63.2 Å². The first-order valence-corrected chi connectivity index (χ1v) is 21.3. The summed E-state index contributed by atoms with van der Waals surface area (Å²) in [6.45, 7) is 29.1. The third-order valence-electron chi connectivity index (χ3n) is 8.08. The van der Waals surface area contributed by atoms with Crippen molar-refractivity contribution in [2.24, 2.45) is 5.41 Å². The molecule has 1 unspecified atom stereocenters. The molecule has 0 amide bonds. The second kappa shape index (κ2) is 21.3. The highest BCUT2D eigenvalue weighted by Crippen LogP contribution is 2.50. The number of aliphatic hydroxyl groups excluding tert-OH is 3. The molecule has 0 aliphatic carbocycles. The Hall–Kier alpha value is -0.560. The Morgan fingerprint density at radius 2 is 0.717 bits per heavy atom. The summed E-state index contributed by atoms with van der Waals surface area (Å²) in [5.74, 6) is 0.769. The molecule has 0 aromatic heterocycles. The number of benzene rings is 2. The van der Waals surface area contributed by atoms with Crippen molar-refractivity contribution in [3.63, 3.8) is 0 Å². The van der Waals surface area contributed by atoms with Gasteiger partial charge in [-0.3, -0.25) is 0 Å². The highest BCUT2D eigenvalue weighted by atomic mass is 31.2. The molecule has 1 atom stereocenters. The van der Waals surface area contributed by atoms with Gasteiger partial charge in [-0.2, -0.15) is 0 Å². The number of aliphatic hydroxyl groups is 3. The molecule has 0 aliphatic rings. The predicted molar refractivity (Wildman–Crippen MR) is 212 cm³/mol. The van der Waals surface area contributed by atoms with Crippen LogP contribution in [0.1, 0.15) is 128 Å². The summed E-state index contributed by atoms with van der Waals surface area (Å²) in [5.41, 5.74) is 5.33. The molecule has 2 rings (SSSR count). The van der Waals surface area contributed by atoms with Crippen molar-refractivity contribution in [2.45, 2.75) is 125 Å². The Bertz CT molecular complexity index is 1300. The lowest BCUT2D eigenvalue weighted by Crippen LogP contribution is -2.45. The van der Waals surface area contributed by atoms with E-state index in [2.05, 4.69) is 130 Å². The van der Waals surface area contributed by atoms with Crippen LogP contribution in [-0.2, 0) is 30.3 Å². The smallest absolute Gasteiger partial charge is 0.334 e. The zero-order valence-corrected chi connectivity index (χ0v) is 37.0. The molecule has 308 valence electrons. The van der Waals surface area contributed by atoms with Crippen molar-refractivity contribution in [3.8, 4) is 5.75 Å². The average Bonchev–Trinajstić information content (AvgIpc) is 2.95. The summed E-state index contributed by atoms with van der Waals surface area (Å²) < 4.78 is 14.4. The molecule has 0 saturated carbocycles. The monoisotopic (exact) mass is 832 g/mol. The Morgan fingerprint density at radius 3 is 0.906 bits per heavy atom. The highest BCUT2D eigenvalue weighted by molar-refractivity contribution is 7.53. The Kier molecular flexibility index (Phi) is 21.0. The fourth-order valence-corrected chi connectivity index (χ4v) is 6.52. The number of hydrogen-bond acceptors (Lipinski definition) is 14. The van der Waals surface area contributed by atoms with E-state index >= 15 is 0 Å². The molecule has 14 nitrogen and oxygen atoms in total. The van der Waals surface area contributed by atoms with Gasteiger partial charge in [0.25, 0.3) is 0 Å². The maximum absolute atomic E-state index is 10.8. The fourth-order valence-electron chi connectivity index (χ4n) is 5.47. The molecule has 0 bridgehead atoms. The molecular weight excluding hydrogens is 768 g/mol. The first kappa shape index (κ1) is 52.4. The van der Waals surface area contributed by atoms with Gasteiger partial charge in [0.05, 0.1) is 25.2 Å². The minimum absolute atomic E-state index is 0.223. The molecule has 0 heterocycles. The van der Waals surface area contributed by atoms with Crippen molar-refractivity contribution in [1.29, 1.82) is 0 Å². The summed E-state index contributed by atoms with van der Waals surface area (Å²) in [4.78, 5) is 62.5. The maximum Gasteiger partial charge on any atom is 0.334 e. The van der Waals surface area contributed by atoms with Crippen LogP contribution in [0.2, 0.25) is 0 Å². The van der Waals surface area contributed by atoms with E-state index in [9.17, 15) is 15.3 Å². The normalized spacial score (nSPS) is 13.6. The van der Waals surface area contributed by atoms with Crippen LogP contribution in [-0.4, -0.2) is 74.3 Å². The lowest BCUT2D eigenvalue weighted by molar-refractivity contribution is -0.0761.